The van der Waals surface area contributed by atoms with Crippen LogP contribution in [0.5, 0.6) is 5.75 Å². The van der Waals surface area contributed by atoms with Crippen LogP contribution in [-0.2, 0) is 0 Å². The molecular formula is C14H8BrClN2O2. The fourth-order valence-corrected chi connectivity index (χ4v) is 2.30. The minimum atomic E-state index is 0.188. The number of rotatable bonds is 2. The van der Waals surface area contributed by atoms with Gasteiger partial charge in [-0.15, -0.1) is 0 Å². The average molecular weight is 352 g/mol. The van der Waals surface area contributed by atoms with Crippen molar-refractivity contribution in [3.05, 3.63) is 52.0 Å². The predicted octanol–water partition coefficient (Wildman–Crippen LogP) is 4.53. The molecule has 0 aliphatic heterocycles. The molecule has 0 fully saturated rings. The number of benzene rings is 2. The molecule has 0 spiro atoms. The molecule has 6 heteroatoms. The molecular weight excluding hydrogens is 344 g/mol. The molecule has 0 unspecified atom stereocenters. The molecule has 1 N–H and O–H groups in total. The summed E-state index contributed by atoms with van der Waals surface area (Å²) >= 11 is 9.55. The highest BCUT2D eigenvalue weighted by molar-refractivity contribution is 9.10. The lowest BCUT2D eigenvalue weighted by Crippen LogP contribution is -1.82. The van der Waals surface area contributed by atoms with Crippen LogP contribution in [0.4, 0.5) is 0 Å². The molecule has 1 aromatic heterocycles. The van der Waals surface area contributed by atoms with E-state index in [0.29, 0.717) is 22.3 Å². The molecule has 0 saturated carbocycles. The average Bonchev–Trinajstić information content (AvgIpc) is 2.92. The van der Waals surface area contributed by atoms with E-state index >= 15 is 0 Å². The van der Waals surface area contributed by atoms with Crippen LogP contribution in [0.2, 0.25) is 5.02 Å². The SMILES string of the molecule is Oc1ccc(-c2noc(-c3cccc(Br)c3Cl)n2)cc1. The Kier molecular flexibility index (Phi) is 3.46. The molecule has 1 heterocycles. The molecule has 3 aromatic rings. The van der Waals surface area contributed by atoms with Gasteiger partial charge >= 0.3 is 0 Å². The highest BCUT2D eigenvalue weighted by atomic mass is 79.9. The zero-order valence-electron chi connectivity index (χ0n) is 10.0. The van der Waals surface area contributed by atoms with Gasteiger partial charge in [0.05, 0.1) is 10.6 Å². The lowest BCUT2D eigenvalue weighted by atomic mass is 10.2. The first-order chi connectivity index (χ1) is 9.65. The topological polar surface area (TPSA) is 59.2 Å². The van der Waals surface area contributed by atoms with Crippen molar-refractivity contribution in [2.45, 2.75) is 0 Å². The number of phenols is 1. The molecule has 0 aliphatic rings. The number of phenolic OH excluding ortho intramolecular Hbond substituents is 1. The highest BCUT2D eigenvalue weighted by Crippen LogP contribution is 2.33. The van der Waals surface area contributed by atoms with Crippen molar-refractivity contribution in [3.63, 3.8) is 0 Å². The van der Waals surface area contributed by atoms with Gasteiger partial charge in [-0.1, -0.05) is 22.8 Å². The Balaban J connectivity index is 2.02. The number of nitrogens with zero attached hydrogens (tertiary/aromatic N) is 2. The number of hydrogen-bond acceptors (Lipinski definition) is 4. The number of halogens is 2. The van der Waals surface area contributed by atoms with Crippen LogP contribution in [0.1, 0.15) is 0 Å². The van der Waals surface area contributed by atoms with E-state index in [0.717, 1.165) is 10.0 Å². The smallest absolute Gasteiger partial charge is 0.259 e. The third kappa shape index (κ3) is 2.42. The second-order valence-electron chi connectivity index (χ2n) is 4.07. The van der Waals surface area contributed by atoms with Gasteiger partial charge in [-0.3, -0.25) is 0 Å². The van der Waals surface area contributed by atoms with Gasteiger partial charge in [-0.25, -0.2) is 0 Å². The van der Waals surface area contributed by atoms with E-state index in [4.69, 9.17) is 16.1 Å². The second-order valence-corrected chi connectivity index (χ2v) is 5.30. The maximum atomic E-state index is 9.27. The van der Waals surface area contributed by atoms with Gasteiger partial charge in [0, 0.05) is 10.0 Å². The summed E-state index contributed by atoms with van der Waals surface area (Å²) in [7, 11) is 0. The van der Waals surface area contributed by atoms with Gasteiger partial charge in [0.25, 0.3) is 5.89 Å². The van der Waals surface area contributed by atoms with Crippen LogP contribution in [0.15, 0.2) is 51.5 Å². The first-order valence-electron chi connectivity index (χ1n) is 5.72. The maximum absolute atomic E-state index is 9.27. The Morgan fingerprint density at radius 3 is 2.60 bits per heavy atom. The molecule has 3 rings (SSSR count). The normalized spacial score (nSPS) is 10.7. The van der Waals surface area contributed by atoms with Crippen LogP contribution in [0, 0.1) is 0 Å². The van der Waals surface area contributed by atoms with Gasteiger partial charge < -0.3 is 9.63 Å². The van der Waals surface area contributed by atoms with Crippen LogP contribution >= 0.6 is 27.5 Å². The lowest BCUT2D eigenvalue weighted by Gasteiger charge is -1.99. The van der Waals surface area contributed by atoms with Gasteiger partial charge in [0.1, 0.15) is 5.75 Å². The molecule has 20 heavy (non-hydrogen) atoms. The summed E-state index contributed by atoms with van der Waals surface area (Å²) in [5.74, 6) is 0.975. The highest BCUT2D eigenvalue weighted by Gasteiger charge is 2.14. The van der Waals surface area contributed by atoms with Crippen molar-refractivity contribution >= 4 is 27.5 Å². The molecule has 0 bridgehead atoms. The lowest BCUT2D eigenvalue weighted by molar-refractivity contribution is 0.432. The first-order valence-corrected chi connectivity index (χ1v) is 6.90. The summed E-state index contributed by atoms with van der Waals surface area (Å²) < 4.78 is 6.01. The van der Waals surface area contributed by atoms with Crippen molar-refractivity contribution in [3.8, 4) is 28.6 Å². The Bertz CT molecular complexity index is 756. The Hall–Kier alpha value is -1.85. The summed E-state index contributed by atoms with van der Waals surface area (Å²) in [5.41, 5.74) is 1.42. The van der Waals surface area contributed by atoms with Gasteiger partial charge in [-0.05, 0) is 52.3 Å². The summed E-state index contributed by atoms with van der Waals surface area (Å²) in [6, 6.07) is 12.0. The predicted molar refractivity (Wildman–Crippen MR) is 79.5 cm³/mol. The summed E-state index contributed by atoms with van der Waals surface area (Å²) in [5, 5.41) is 13.7. The number of hydrogen-bond donors (Lipinski definition) is 1. The molecule has 0 atom stereocenters. The zero-order valence-corrected chi connectivity index (χ0v) is 12.4. The van der Waals surface area contributed by atoms with E-state index in [1.165, 1.54) is 0 Å². The maximum Gasteiger partial charge on any atom is 0.259 e. The van der Waals surface area contributed by atoms with E-state index < -0.39 is 0 Å². The van der Waals surface area contributed by atoms with Crippen molar-refractivity contribution in [1.82, 2.24) is 10.1 Å². The van der Waals surface area contributed by atoms with Crippen LogP contribution in [0.25, 0.3) is 22.8 Å². The van der Waals surface area contributed by atoms with E-state index in [1.807, 2.05) is 12.1 Å². The summed E-state index contributed by atoms with van der Waals surface area (Å²) in [4.78, 5) is 4.32. The molecule has 4 nitrogen and oxygen atoms in total. The van der Waals surface area contributed by atoms with Crippen LogP contribution in [0.3, 0.4) is 0 Å². The standard InChI is InChI=1S/C14H8BrClN2O2/c15-11-3-1-2-10(12(11)16)14-17-13(18-20-14)8-4-6-9(19)7-5-8/h1-7,19H. The largest absolute Gasteiger partial charge is 0.508 e. The molecule has 0 radical (unpaired) electrons. The summed E-state index contributed by atoms with van der Waals surface area (Å²) in [6.45, 7) is 0. The van der Waals surface area contributed by atoms with Crippen molar-refractivity contribution < 1.29 is 9.63 Å². The number of aromatic hydroxyl groups is 1. The zero-order chi connectivity index (χ0) is 14.1. The fraction of sp³-hybridized carbons (Fsp3) is 0. The van der Waals surface area contributed by atoms with E-state index in [-0.39, 0.29) is 5.75 Å². The van der Waals surface area contributed by atoms with E-state index in [9.17, 15) is 5.11 Å². The minimum Gasteiger partial charge on any atom is -0.508 e. The van der Waals surface area contributed by atoms with Crippen molar-refractivity contribution in [1.29, 1.82) is 0 Å². The molecule has 100 valence electrons. The molecule has 2 aromatic carbocycles. The third-order valence-electron chi connectivity index (χ3n) is 2.73. The second kappa shape index (κ2) is 5.26. The van der Waals surface area contributed by atoms with E-state index in [2.05, 4.69) is 26.1 Å². The van der Waals surface area contributed by atoms with Gasteiger partial charge in [0.15, 0.2) is 0 Å². The first kappa shape index (κ1) is 13.1. The minimum absolute atomic E-state index is 0.188. The van der Waals surface area contributed by atoms with Crippen LogP contribution < -0.4 is 0 Å². The Morgan fingerprint density at radius 2 is 1.85 bits per heavy atom. The molecule has 0 aliphatic carbocycles. The number of aromatic nitrogens is 2. The van der Waals surface area contributed by atoms with Crippen molar-refractivity contribution in [2.24, 2.45) is 0 Å². The monoisotopic (exact) mass is 350 g/mol. The molecule has 0 saturated heterocycles. The molecule has 0 amide bonds. The Labute approximate surface area is 128 Å². The van der Waals surface area contributed by atoms with Gasteiger partial charge in [-0.2, -0.15) is 4.98 Å². The van der Waals surface area contributed by atoms with Crippen molar-refractivity contribution in [2.75, 3.05) is 0 Å². The Morgan fingerprint density at radius 1 is 1.10 bits per heavy atom. The fourth-order valence-electron chi connectivity index (χ4n) is 1.73. The summed E-state index contributed by atoms with van der Waals surface area (Å²) in [6.07, 6.45) is 0. The quantitative estimate of drug-likeness (QED) is 0.737. The van der Waals surface area contributed by atoms with Crippen LogP contribution in [-0.4, -0.2) is 15.2 Å². The van der Waals surface area contributed by atoms with E-state index in [1.54, 1.807) is 30.3 Å². The van der Waals surface area contributed by atoms with Gasteiger partial charge in [0.2, 0.25) is 5.82 Å². The third-order valence-corrected chi connectivity index (χ3v) is 4.03.